The third-order valence-electron chi connectivity index (χ3n) is 3.45. The second-order valence-electron chi connectivity index (χ2n) is 5.05. The Hall–Kier alpha value is -1.70. The first kappa shape index (κ1) is 17.4. The molecule has 0 aliphatic rings. The Bertz CT molecular complexity index is 491. The quantitative estimate of drug-likeness (QED) is 0.695. The van der Waals surface area contributed by atoms with Crippen molar-refractivity contribution in [1.29, 1.82) is 5.26 Å². The summed E-state index contributed by atoms with van der Waals surface area (Å²) in [5.41, 5.74) is -0.903. The highest BCUT2D eigenvalue weighted by molar-refractivity contribution is 5.46. The molecular weight excluding hydrogens is 279 g/mol. The molecule has 0 heterocycles. The van der Waals surface area contributed by atoms with Crippen LogP contribution in [-0.2, 0) is 6.18 Å². The zero-order valence-electron chi connectivity index (χ0n) is 12.3. The number of halogens is 3. The van der Waals surface area contributed by atoms with Gasteiger partial charge in [0.05, 0.1) is 17.7 Å². The maximum Gasteiger partial charge on any atom is 0.416 e. The number of benzene rings is 1. The van der Waals surface area contributed by atoms with Gasteiger partial charge in [0.25, 0.3) is 0 Å². The van der Waals surface area contributed by atoms with Crippen LogP contribution in [0.15, 0.2) is 18.2 Å². The minimum Gasteiger partial charge on any atom is -0.492 e. The molecule has 0 N–H and O–H groups in total. The van der Waals surface area contributed by atoms with E-state index in [0.29, 0.717) is 12.5 Å². The SMILES string of the molecule is CCCCC(CC)COc1ccc(C(F)(F)F)cc1C#N. The Morgan fingerprint density at radius 3 is 2.52 bits per heavy atom. The van der Waals surface area contributed by atoms with Gasteiger partial charge in [-0.25, -0.2) is 0 Å². The smallest absolute Gasteiger partial charge is 0.416 e. The molecule has 0 spiro atoms. The zero-order valence-corrected chi connectivity index (χ0v) is 12.3. The van der Waals surface area contributed by atoms with Crippen LogP contribution < -0.4 is 4.74 Å². The standard InChI is InChI=1S/C16H20F3NO/c1-3-5-6-12(4-2)11-21-15-8-7-14(16(17,18)19)9-13(15)10-20/h7-9,12H,3-6,11H2,1-2H3. The van der Waals surface area contributed by atoms with E-state index in [1.807, 2.05) is 0 Å². The van der Waals surface area contributed by atoms with Gasteiger partial charge in [-0.05, 0) is 30.5 Å². The van der Waals surface area contributed by atoms with E-state index < -0.39 is 11.7 Å². The van der Waals surface area contributed by atoms with Gasteiger partial charge in [-0.1, -0.05) is 33.1 Å². The molecule has 0 amide bonds. The van der Waals surface area contributed by atoms with Crippen LogP contribution in [0.25, 0.3) is 0 Å². The summed E-state index contributed by atoms with van der Waals surface area (Å²) in [5.74, 6) is 0.583. The fourth-order valence-corrected chi connectivity index (χ4v) is 2.03. The molecule has 1 aromatic rings. The van der Waals surface area contributed by atoms with Gasteiger partial charge < -0.3 is 4.74 Å². The number of hydrogen-bond donors (Lipinski definition) is 0. The van der Waals surface area contributed by atoms with Gasteiger partial charge in [-0.15, -0.1) is 0 Å². The van der Waals surface area contributed by atoms with Crippen molar-refractivity contribution in [2.45, 2.75) is 45.7 Å². The molecule has 0 fully saturated rings. The summed E-state index contributed by atoms with van der Waals surface area (Å²) in [7, 11) is 0. The molecule has 1 rings (SSSR count). The first-order valence-corrected chi connectivity index (χ1v) is 7.16. The molecular formula is C16H20F3NO. The molecule has 1 aromatic carbocycles. The lowest BCUT2D eigenvalue weighted by Gasteiger charge is -2.17. The fraction of sp³-hybridized carbons (Fsp3) is 0.562. The molecule has 0 bridgehead atoms. The first-order valence-electron chi connectivity index (χ1n) is 7.16. The Morgan fingerprint density at radius 1 is 1.29 bits per heavy atom. The van der Waals surface area contributed by atoms with Crippen LogP contribution in [0.2, 0.25) is 0 Å². The van der Waals surface area contributed by atoms with E-state index >= 15 is 0 Å². The van der Waals surface area contributed by atoms with E-state index in [1.165, 1.54) is 6.07 Å². The Balaban J connectivity index is 2.78. The average Bonchev–Trinajstić information content (AvgIpc) is 2.46. The Morgan fingerprint density at radius 2 is 2.00 bits per heavy atom. The number of rotatable bonds is 7. The van der Waals surface area contributed by atoms with E-state index in [9.17, 15) is 13.2 Å². The lowest BCUT2D eigenvalue weighted by molar-refractivity contribution is -0.137. The second-order valence-corrected chi connectivity index (χ2v) is 5.05. The van der Waals surface area contributed by atoms with Gasteiger partial charge in [0.1, 0.15) is 11.8 Å². The van der Waals surface area contributed by atoms with Crippen molar-refractivity contribution in [2.24, 2.45) is 5.92 Å². The number of hydrogen-bond acceptors (Lipinski definition) is 2. The van der Waals surface area contributed by atoms with E-state index in [1.54, 1.807) is 6.07 Å². The van der Waals surface area contributed by atoms with Crippen molar-refractivity contribution in [2.75, 3.05) is 6.61 Å². The summed E-state index contributed by atoms with van der Waals surface area (Å²) in [5, 5.41) is 8.98. The summed E-state index contributed by atoms with van der Waals surface area (Å²) >= 11 is 0. The summed E-state index contributed by atoms with van der Waals surface area (Å²) < 4.78 is 43.3. The highest BCUT2D eigenvalue weighted by atomic mass is 19.4. The third-order valence-corrected chi connectivity index (χ3v) is 3.45. The topological polar surface area (TPSA) is 33.0 Å². The van der Waals surface area contributed by atoms with E-state index in [4.69, 9.17) is 10.00 Å². The molecule has 1 atom stereocenters. The highest BCUT2D eigenvalue weighted by Gasteiger charge is 2.31. The number of nitrogens with zero attached hydrogens (tertiary/aromatic N) is 1. The highest BCUT2D eigenvalue weighted by Crippen LogP contribution is 2.32. The monoisotopic (exact) mass is 299 g/mol. The lowest BCUT2D eigenvalue weighted by Crippen LogP contribution is -2.12. The van der Waals surface area contributed by atoms with Gasteiger partial charge in [0.2, 0.25) is 0 Å². The molecule has 116 valence electrons. The minimum atomic E-state index is -4.45. The van der Waals surface area contributed by atoms with Crippen molar-refractivity contribution in [3.63, 3.8) is 0 Å². The van der Waals surface area contributed by atoms with Gasteiger partial charge in [-0.3, -0.25) is 0 Å². The largest absolute Gasteiger partial charge is 0.492 e. The molecule has 5 heteroatoms. The molecule has 0 aliphatic carbocycles. The van der Waals surface area contributed by atoms with Crippen LogP contribution >= 0.6 is 0 Å². The van der Waals surface area contributed by atoms with Crippen molar-refractivity contribution in [1.82, 2.24) is 0 Å². The second kappa shape index (κ2) is 7.92. The Labute approximate surface area is 123 Å². The average molecular weight is 299 g/mol. The summed E-state index contributed by atoms with van der Waals surface area (Å²) in [4.78, 5) is 0. The summed E-state index contributed by atoms with van der Waals surface area (Å²) in [6, 6.07) is 4.78. The predicted octanol–water partition coefficient (Wildman–Crippen LogP) is 5.17. The predicted molar refractivity (Wildman–Crippen MR) is 75.0 cm³/mol. The lowest BCUT2D eigenvalue weighted by atomic mass is 10.0. The van der Waals surface area contributed by atoms with Crippen molar-refractivity contribution >= 4 is 0 Å². The van der Waals surface area contributed by atoms with Crippen LogP contribution in [0, 0.1) is 17.2 Å². The molecule has 0 radical (unpaired) electrons. The van der Waals surface area contributed by atoms with E-state index in [0.717, 1.165) is 37.8 Å². The van der Waals surface area contributed by atoms with Crippen molar-refractivity contribution in [3.8, 4) is 11.8 Å². The maximum absolute atomic E-state index is 12.6. The third kappa shape index (κ3) is 5.30. The van der Waals surface area contributed by atoms with Crippen molar-refractivity contribution < 1.29 is 17.9 Å². The van der Waals surface area contributed by atoms with Crippen LogP contribution in [0.5, 0.6) is 5.75 Å². The van der Waals surface area contributed by atoms with Gasteiger partial charge in [0.15, 0.2) is 0 Å². The number of alkyl halides is 3. The van der Waals surface area contributed by atoms with E-state index in [-0.39, 0.29) is 11.3 Å². The van der Waals surface area contributed by atoms with Crippen LogP contribution in [-0.4, -0.2) is 6.61 Å². The molecule has 0 saturated carbocycles. The van der Waals surface area contributed by atoms with E-state index in [2.05, 4.69) is 13.8 Å². The molecule has 2 nitrogen and oxygen atoms in total. The van der Waals surface area contributed by atoms with Crippen molar-refractivity contribution in [3.05, 3.63) is 29.3 Å². The summed E-state index contributed by atoms with van der Waals surface area (Å²) in [6.07, 6.45) is -0.282. The molecule has 0 aromatic heterocycles. The first-order chi connectivity index (χ1) is 9.92. The number of ether oxygens (including phenoxy) is 1. The van der Waals surface area contributed by atoms with Crippen LogP contribution in [0.4, 0.5) is 13.2 Å². The van der Waals surface area contributed by atoms with Gasteiger partial charge >= 0.3 is 6.18 Å². The van der Waals surface area contributed by atoms with Crippen LogP contribution in [0.1, 0.15) is 50.7 Å². The summed E-state index contributed by atoms with van der Waals surface area (Å²) in [6.45, 7) is 4.59. The zero-order chi connectivity index (χ0) is 15.9. The van der Waals surface area contributed by atoms with Gasteiger partial charge in [0, 0.05) is 0 Å². The normalized spacial score (nSPS) is 12.8. The number of unbranched alkanes of at least 4 members (excludes halogenated alkanes) is 1. The maximum atomic E-state index is 12.6. The van der Waals surface area contributed by atoms with Crippen LogP contribution in [0.3, 0.4) is 0 Å². The molecule has 0 aliphatic heterocycles. The van der Waals surface area contributed by atoms with Gasteiger partial charge in [-0.2, -0.15) is 18.4 Å². The fourth-order valence-electron chi connectivity index (χ4n) is 2.03. The molecule has 21 heavy (non-hydrogen) atoms. The molecule has 1 unspecified atom stereocenters. The number of nitriles is 1. The molecule has 0 saturated heterocycles. The Kier molecular flexibility index (Phi) is 6.54. The minimum absolute atomic E-state index is 0.0739.